The number of nitrogens with two attached hydrogens (primary N) is 1. The molecule has 2 amide bonds. The smallest absolute Gasteiger partial charge is 0.408 e. The molecule has 0 spiro atoms. The molecule has 0 aliphatic rings. The highest BCUT2D eigenvalue weighted by Gasteiger charge is 2.26. The number of benzene rings is 2. The fourth-order valence-electron chi connectivity index (χ4n) is 4.15. The molecule has 242 valence electrons. The molecule has 0 saturated heterocycles. The summed E-state index contributed by atoms with van der Waals surface area (Å²) in [4.78, 5) is 41.6. The van der Waals surface area contributed by atoms with Crippen molar-refractivity contribution in [3.8, 4) is 5.75 Å². The zero-order valence-corrected chi connectivity index (χ0v) is 27.1. The van der Waals surface area contributed by atoms with E-state index in [4.69, 9.17) is 19.9 Å². The zero-order chi connectivity index (χ0) is 33.1. The maximum absolute atomic E-state index is 13.1. The molecule has 0 aliphatic heterocycles. The van der Waals surface area contributed by atoms with Gasteiger partial charge >= 0.3 is 12.1 Å². The first kappa shape index (κ1) is 35.9. The number of esters is 1. The molecule has 0 aromatic heterocycles. The number of hydrogen-bond donors (Lipinski definition) is 4. The summed E-state index contributed by atoms with van der Waals surface area (Å²) in [7, 11) is -2.54. The van der Waals surface area contributed by atoms with Crippen LogP contribution in [0.25, 0.3) is 0 Å². The summed E-state index contributed by atoms with van der Waals surface area (Å²) >= 11 is 0. The van der Waals surface area contributed by atoms with E-state index in [1.807, 2.05) is 18.2 Å². The van der Waals surface area contributed by atoms with Crippen molar-refractivity contribution in [2.24, 2.45) is 10.7 Å². The molecule has 13 nitrogen and oxygen atoms in total. The molecule has 5 N–H and O–H groups in total. The number of nitrogens with one attached hydrogen (secondary N) is 3. The van der Waals surface area contributed by atoms with Crippen LogP contribution in [-0.2, 0) is 35.7 Å². The van der Waals surface area contributed by atoms with Gasteiger partial charge in [0.15, 0.2) is 0 Å². The maximum Gasteiger partial charge on any atom is 0.408 e. The average Bonchev–Trinajstić information content (AvgIpc) is 2.93. The van der Waals surface area contributed by atoms with Gasteiger partial charge < -0.3 is 30.6 Å². The van der Waals surface area contributed by atoms with Crippen LogP contribution in [0.2, 0.25) is 0 Å². The number of amides is 2. The molecule has 0 heterocycles. The number of alkyl carbamates (subject to hydrolysis) is 1. The minimum Gasteiger partial charge on any atom is -0.496 e. The minimum atomic E-state index is -4.05. The van der Waals surface area contributed by atoms with Gasteiger partial charge in [-0.15, -0.1) is 0 Å². The van der Waals surface area contributed by atoms with Crippen LogP contribution < -0.4 is 25.8 Å². The van der Waals surface area contributed by atoms with Crippen LogP contribution >= 0.6 is 0 Å². The second-order valence-electron chi connectivity index (χ2n) is 11.1. The summed E-state index contributed by atoms with van der Waals surface area (Å²) in [5.41, 5.74) is 7.56. The SMILES string of the molecule is COc1cc(C)c(S(=O)(=O)NC(N)=NCCC[C@H](NC(=O)OC(C)(C)C)C(=O)NCC(=O)OCc2ccccc2)c(C)c1C. The Balaban J connectivity index is 2.01. The summed E-state index contributed by atoms with van der Waals surface area (Å²) < 4.78 is 44.2. The fraction of sp³-hybridized carbons (Fsp3) is 0.467. The van der Waals surface area contributed by atoms with Gasteiger partial charge in [0.2, 0.25) is 11.9 Å². The molecule has 0 radical (unpaired) electrons. The molecule has 0 saturated carbocycles. The lowest BCUT2D eigenvalue weighted by Crippen LogP contribution is -2.49. The van der Waals surface area contributed by atoms with E-state index in [2.05, 4.69) is 20.3 Å². The van der Waals surface area contributed by atoms with Gasteiger partial charge in [-0.05, 0) is 82.7 Å². The molecule has 1 atom stereocenters. The van der Waals surface area contributed by atoms with Crippen LogP contribution in [0.5, 0.6) is 5.75 Å². The molecule has 44 heavy (non-hydrogen) atoms. The first-order valence-corrected chi connectivity index (χ1v) is 15.5. The number of methoxy groups -OCH3 is 1. The van der Waals surface area contributed by atoms with Crippen LogP contribution in [0.3, 0.4) is 0 Å². The molecule has 14 heteroatoms. The summed E-state index contributed by atoms with van der Waals surface area (Å²) in [6, 6.07) is 9.63. The van der Waals surface area contributed by atoms with Crippen molar-refractivity contribution < 1.29 is 37.0 Å². The normalized spacial score (nSPS) is 12.6. The fourth-order valence-corrected chi connectivity index (χ4v) is 5.63. The topological polar surface area (TPSA) is 188 Å². The second kappa shape index (κ2) is 15.9. The maximum atomic E-state index is 13.1. The molecular formula is C30H43N5O8S. The Bertz CT molecular complexity index is 1450. The largest absolute Gasteiger partial charge is 0.496 e. The van der Waals surface area contributed by atoms with Crippen LogP contribution in [0, 0.1) is 20.8 Å². The Kier molecular flexibility index (Phi) is 13.0. The Hall–Kier alpha value is -4.33. The predicted molar refractivity (Wildman–Crippen MR) is 166 cm³/mol. The zero-order valence-electron chi connectivity index (χ0n) is 26.3. The van der Waals surface area contributed by atoms with E-state index in [0.717, 1.165) is 5.56 Å². The lowest BCUT2D eigenvalue weighted by molar-refractivity contribution is -0.145. The van der Waals surface area contributed by atoms with Crippen molar-refractivity contribution in [1.29, 1.82) is 0 Å². The lowest BCUT2D eigenvalue weighted by Gasteiger charge is -2.23. The Morgan fingerprint density at radius 3 is 2.32 bits per heavy atom. The van der Waals surface area contributed by atoms with Gasteiger partial charge in [-0.25, -0.2) is 17.9 Å². The number of aryl methyl sites for hydroxylation is 1. The molecule has 0 aliphatic carbocycles. The molecule has 0 fully saturated rings. The number of guanidine groups is 1. The summed E-state index contributed by atoms with van der Waals surface area (Å²) in [5.74, 6) is -1.05. The van der Waals surface area contributed by atoms with Gasteiger partial charge in [0, 0.05) is 6.54 Å². The monoisotopic (exact) mass is 633 g/mol. The number of carbonyl (C=O) groups excluding carboxylic acids is 3. The van der Waals surface area contributed by atoms with Crippen molar-refractivity contribution in [3.63, 3.8) is 0 Å². The molecule has 2 aromatic carbocycles. The highest BCUT2D eigenvalue weighted by molar-refractivity contribution is 7.90. The molecule has 2 rings (SSSR count). The minimum absolute atomic E-state index is 0.0346. The summed E-state index contributed by atoms with van der Waals surface area (Å²) in [5, 5.41) is 4.97. The average molecular weight is 634 g/mol. The summed E-state index contributed by atoms with van der Waals surface area (Å²) in [6.07, 6.45) is -0.501. The Morgan fingerprint density at radius 1 is 1.05 bits per heavy atom. The first-order valence-electron chi connectivity index (χ1n) is 14.0. The first-order chi connectivity index (χ1) is 20.5. The van der Waals surface area contributed by atoms with Crippen molar-refractivity contribution in [2.45, 2.75) is 77.5 Å². The number of ether oxygens (including phenoxy) is 3. The molecule has 0 bridgehead atoms. The predicted octanol–water partition coefficient (Wildman–Crippen LogP) is 2.75. The van der Waals surface area contributed by atoms with Gasteiger partial charge in [0.25, 0.3) is 10.0 Å². The number of nitrogens with zero attached hydrogens (tertiary/aromatic N) is 1. The standard InChI is InChI=1S/C30H43N5O8S/c1-19-16-24(41-7)20(2)21(3)26(19)44(39,40)35-28(31)32-15-11-14-23(34-29(38)43-30(4,5)6)27(37)33-17-25(36)42-18-22-12-9-8-10-13-22/h8-10,12-13,16,23H,11,14-15,17-18H2,1-7H3,(H,33,37)(H,34,38)(H3,31,32,35)/t23-/m0/s1. The lowest BCUT2D eigenvalue weighted by atomic mass is 10.1. The number of carbonyl (C=O) groups is 3. The van der Waals surface area contributed by atoms with E-state index in [1.165, 1.54) is 7.11 Å². The third-order valence-electron chi connectivity index (χ3n) is 6.30. The molecule has 2 aromatic rings. The van der Waals surface area contributed by atoms with E-state index in [0.29, 0.717) is 22.4 Å². The van der Waals surface area contributed by atoms with Gasteiger partial charge in [-0.2, -0.15) is 0 Å². The van der Waals surface area contributed by atoms with Gasteiger partial charge in [0.05, 0.1) is 12.0 Å². The van der Waals surface area contributed by atoms with Crippen molar-refractivity contribution in [2.75, 3.05) is 20.2 Å². The van der Waals surface area contributed by atoms with Crippen LogP contribution in [-0.4, -0.2) is 64.2 Å². The van der Waals surface area contributed by atoms with Crippen molar-refractivity contribution in [3.05, 3.63) is 58.7 Å². The van der Waals surface area contributed by atoms with E-state index in [-0.39, 0.29) is 36.8 Å². The van der Waals surface area contributed by atoms with Gasteiger partial charge in [-0.3, -0.25) is 14.6 Å². The number of hydrogen-bond acceptors (Lipinski definition) is 9. The van der Waals surface area contributed by atoms with Gasteiger partial charge in [-0.1, -0.05) is 30.3 Å². The Morgan fingerprint density at radius 2 is 1.70 bits per heavy atom. The van der Waals surface area contributed by atoms with Gasteiger partial charge in [0.1, 0.15) is 30.5 Å². The van der Waals surface area contributed by atoms with Crippen LogP contribution in [0.15, 0.2) is 46.3 Å². The van der Waals surface area contributed by atoms with Crippen LogP contribution in [0.4, 0.5) is 4.79 Å². The second-order valence-corrected chi connectivity index (χ2v) is 12.7. The Labute approximate surface area is 259 Å². The highest BCUT2D eigenvalue weighted by atomic mass is 32.2. The third-order valence-corrected chi connectivity index (χ3v) is 7.94. The number of sulfonamides is 1. The number of aliphatic imine (C=N–C) groups is 1. The van der Waals surface area contributed by atoms with E-state index < -0.39 is 46.2 Å². The summed E-state index contributed by atoms with van der Waals surface area (Å²) in [6.45, 7) is 9.81. The highest BCUT2D eigenvalue weighted by Crippen LogP contribution is 2.30. The van der Waals surface area contributed by atoms with E-state index in [9.17, 15) is 22.8 Å². The third kappa shape index (κ3) is 11.4. The van der Waals surface area contributed by atoms with Crippen molar-refractivity contribution in [1.82, 2.24) is 15.4 Å². The van der Waals surface area contributed by atoms with E-state index in [1.54, 1.807) is 59.7 Å². The molecule has 0 unspecified atom stereocenters. The van der Waals surface area contributed by atoms with Crippen molar-refractivity contribution >= 4 is 34.0 Å². The quantitative estimate of drug-likeness (QED) is 0.111. The van der Waals surface area contributed by atoms with E-state index >= 15 is 0 Å². The number of rotatable bonds is 13. The van der Waals surface area contributed by atoms with Crippen LogP contribution in [0.1, 0.15) is 55.9 Å². The molecular weight excluding hydrogens is 590 g/mol.